The maximum absolute atomic E-state index is 12.8. The van der Waals surface area contributed by atoms with Gasteiger partial charge in [0.2, 0.25) is 5.43 Å². The number of nitrogens with zero attached hydrogens (tertiary/aromatic N) is 1. The van der Waals surface area contributed by atoms with E-state index in [1.165, 1.54) is 5.56 Å². The second kappa shape index (κ2) is 5.74. The Labute approximate surface area is 145 Å². The highest BCUT2D eigenvalue weighted by Gasteiger charge is 2.22. The SMILES string of the molecule is C=C1Cn2cc(C(=O)NCc3ccc(C)cc3)c(=O)c3cccc1c32. The predicted octanol–water partition coefficient (Wildman–Crippen LogP) is 3.27. The molecule has 1 amide bonds. The number of hydrogen-bond donors (Lipinski definition) is 1. The molecule has 2 aromatic carbocycles. The molecule has 2 heterocycles. The van der Waals surface area contributed by atoms with Gasteiger partial charge in [-0.3, -0.25) is 9.59 Å². The van der Waals surface area contributed by atoms with Crippen molar-refractivity contribution in [2.24, 2.45) is 0 Å². The molecule has 0 bridgehead atoms. The van der Waals surface area contributed by atoms with E-state index in [4.69, 9.17) is 0 Å². The minimum atomic E-state index is -0.348. The van der Waals surface area contributed by atoms with E-state index in [9.17, 15) is 9.59 Å². The van der Waals surface area contributed by atoms with E-state index in [-0.39, 0.29) is 16.9 Å². The van der Waals surface area contributed by atoms with Crippen molar-refractivity contribution >= 4 is 22.4 Å². The van der Waals surface area contributed by atoms with Crippen LogP contribution in [-0.2, 0) is 13.1 Å². The molecule has 4 heteroatoms. The van der Waals surface area contributed by atoms with Gasteiger partial charge in [-0.2, -0.15) is 0 Å². The molecule has 25 heavy (non-hydrogen) atoms. The van der Waals surface area contributed by atoms with Gasteiger partial charge in [0.1, 0.15) is 5.56 Å². The van der Waals surface area contributed by atoms with Gasteiger partial charge in [-0.25, -0.2) is 0 Å². The smallest absolute Gasteiger partial charge is 0.257 e. The molecule has 0 radical (unpaired) electrons. The first-order valence-electron chi connectivity index (χ1n) is 8.22. The van der Waals surface area contributed by atoms with E-state index in [2.05, 4.69) is 11.9 Å². The number of aromatic nitrogens is 1. The van der Waals surface area contributed by atoms with Gasteiger partial charge in [-0.1, -0.05) is 48.5 Å². The molecule has 0 aliphatic carbocycles. The van der Waals surface area contributed by atoms with Gasteiger partial charge in [-0.15, -0.1) is 0 Å². The van der Waals surface area contributed by atoms with Crippen LogP contribution in [0.3, 0.4) is 0 Å². The molecule has 0 unspecified atom stereocenters. The summed E-state index contributed by atoms with van der Waals surface area (Å²) in [6.45, 7) is 7.07. The van der Waals surface area contributed by atoms with E-state index in [1.54, 1.807) is 12.3 Å². The lowest BCUT2D eigenvalue weighted by Gasteiger charge is -2.09. The van der Waals surface area contributed by atoms with Gasteiger partial charge < -0.3 is 9.88 Å². The molecular weight excluding hydrogens is 312 g/mol. The molecule has 4 nitrogen and oxygen atoms in total. The average Bonchev–Trinajstić information content (AvgIpc) is 2.94. The minimum Gasteiger partial charge on any atom is -0.348 e. The monoisotopic (exact) mass is 330 g/mol. The second-order valence-corrected chi connectivity index (χ2v) is 6.47. The predicted molar refractivity (Wildman–Crippen MR) is 99.6 cm³/mol. The molecule has 0 spiro atoms. The Hall–Kier alpha value is -3.14. The van der Waals surface area contributed by atoms with Crippen LogP contribution in [0.15, 0.2) is 60.0 Å². The maximum atomic E-state index is 12.8. The average molecular weight is 330 g/mol. The fourth-order valence-electron chi connectivity index (χ4n) is 3.31. The zero-order valence-corrected chi connectivity index (χ0v) is 14.0. The second-order valence-electron chi connectivity index (χ2n) is 6.47. The first-order valence-corrected chi connectivity index (χ1v) is 8.22. The number of pyridine rings is 1. The largest absolute Gasteiger partial charge is 0.348 e. The molecule has 0 saturated carbocycles. The zero-order valence-electron chi connectivity index (χ0n) is 14.0. The fraction of sp³-hybridized carbons (Fsp3) is 0.143. The molecule has 124 valence electrons. The Kier molecular flexibility index (Phi) is 3.53. The topological polar surface area (TPSA) is 51.1 Å². The quantitative estimate of drug-likeness (QED) is 0.801. The molecule has 0 atom stereocenters. The number of allylic oxidation sites excluding steroid dienone is 1. The van der Waals surface area contributed by atoms with E-state index < -0.39 is 0 Å². The third-order valence-electron chi connectivity index (χ3n) is 4.66. The Morgan fingerprint density at radius 3 is 2.72 bits per heavy atom. The number of nitrogens with one attached hydrogen (secondary N) is 1. The van der Waals surface area contributed by atoms with Crippen LogP contribution in [0.25, 0.3) is 16.5 Å². The molecular formula is C21H18N2O2. The number of aryl methyl sites for hydroxylation is 1. The van der Waals surface area contributed by atoms with Gasteiger partial charge in [0.05, 0.1) is 5.52 Å². The van der Waals surface area contributed by atoms with E-state index in [1.807, 2.05) is 47.9 Å². The summed E-state index contributed by atoms with van der Waals surface area (Å²) in [5.74, 6) is -0.348. The van der Waals surface area contributed by atoms with Crippen molar-refractivity contribution in [3.05, 3.63) is 87.7 Å². The number of carbonyl (C=O) groups is 1. The van der Waals surface area contributed by atoms with E-state index in [0.717, 1.165) is 22.2 Å². The summed E-state index contributed by atoms with van der Waals surface area (Å²) in [6.07, 6.45) is 1.65. The van der Waals surface area contributed by atoms with Crippen molar-refractivity contribution in [1.82, 2.24) is 9.88 Å². The van der Waals surface area contributed by atoms with Crippen LogP contribution in [0.5, 0.6) is 0 Å². The van der Waals surface area contributed by atoms with E-state index >= 15 is 0 Å². The van der Waals surface area contributed by atoms with Gasteiger partial charge in [-0.05, 0) is 24.1 Å². The lowest BCUT2D eigenvalue weighted by atomic mass is 10.1. The third-order valence-corrected chi connectivity index (χ3v) is 4.66. The van der Waals surface area contributed by atoms with Crippen LogP contribution in [0.1, 0.15) is 27.0 Å². The van der Waals surface area contributed by atoms with Crippen molar-refractivity contribution in [1.29, 1.82) is 0 Å². The highest BCUT2D eigenvalue weighted by molar-refractivity contribution is 6.00. The lowest BCUT2D eigenvalue weighted by Crippen LogP contribution is -2.29. The third kappa shape index (κ3) is 2.56. The Morgan fingerprint density at radius 2 is 1.96 bits per heavy atom. The molecule has 1 N–H and O–H groups in total. The summed E-state index contributed by atoms with van der Waals surface area (Å²) in [6, 6.07) is 13.5. The molecule has 3 aromatic rings. The van der Waals surface area contributed by atoms with Crippen LogP contribution in [0.2, 0.25) is 0 Å². The summed E-state index contributed by atoms with van der Waals surface area (Å²) in [5, 5.41) is 3.41. The van der Waals surface area contributed by atoms with Crippen molar-refractivity contribution in [3.63, 3.8) is 0 Å². The van der Waals surface area contributed by atoms with Crippen LogP contribution >= 0.6 is 0 Å². The number of carbonyl (C=O) groups excluding carboxylic acids is 1. The van der Waals surface area contributed by atoms with Gasteiger partial charge in [0, 0.05) is 30.2 Å². The van der Waals surface area contributed by atoms with E-state index in [0.29, 0.717) is 18.5 Å². The van der Waals surface area contributed by atoms with Crippen molar-refractivity contribution < 1.29 is 4.79 Å². The summed E-state index contributed by atoms with van der Waals surface area (Å²) in [4.78, 5) is 25.3. The molecule has 1 aliphatic heterocycles. The number of amides is 1. The zero-order chi connectivity index (χ0) is 17.6. The van der Waals surface area contributed by atoms with Gasteiger partial charge in [0.15, 0.2) is 0 Å². The highest BCUT2D eigenvalue weighted by Crippen LogP contribution is 2.30. The lowest BCUT2D eigenvalue weighted by molar-refractivity contribution is 0.0949. The number of rotatable bonds is 3. The summed E-state index contributed by atoms with van der Waals surface area (Å²) in [7, 11) is 0. The van der Waals surface area contributed by atoms with Crippen LogP contribution in [0.4, 0.5) is 0 Å². The van der Waals surface area contributed by atoms with Crippen LogP contribution < -0.4 is 10.7 Å². The van der Waals surface area contributed by atoms with Crippen LogP contribution in [0, 0.1) is 6.92 Å². The fourth-order valence-corrected chi connectivity index (χ4v) is 3.31. The molecule has 1 aromatic heterocycles. The Balaban J connectivity index is 1.68. The van der Waals surface area contributed by atoms with Gasteiger partial charge >= 0.3 is 0 Å². The minimum absolute atomic E-state index is 0.173. The molecule has 4 rings (SSSR count). The summed E-state index contributed by atoms with van der Waals surface area (Å²) in [5.41, 5.74) is 4.92. The standard InChI is InChI=1S/C21H18N2O2/c1-13-6-8-15(9-7-13)10-22-21(25)18-12-23-11-14(2)16-4-3-5-17(19(16)23)20(18)24/h3-9,12H,2,10-11H2,1H3,(H,22,25). The first kappa shape index (κ1) is 15.4. The van der Waals surface area contributed by atoms with Crippen molar-refractivity contribution in [3.8, 4) is 0 Å². The molecule has 0 saturated heterocycles. The highest BCUT2D eigenvalue weighted by atomic mass is 16.2. The molecule has 1 aliphatic rings. The maximum Gasteiger partial charge on any atom is 0.257 e. The van der Waals surface area contributed by atoms with Crippen LogP contribution in [-0.4, -0.2) is 10.5 Å². The summed E-state index contributed by atoms with van der Waals surface area (Å²) >= 11 is 0. The molecule has 0 fully saturated rings. The Bertz CT molecular complexity index is 1080. The normalized spacial score (nSPS) is 12.6. The number of hydrogen-bond acceptors (Lipinski definition) is 2. The number of benzene rings is 2. The Morgan fingerprint density at radius 1 is 1.20 bits per heavy atom. The summed E-state index contributed by atoms with van der Waals surface area (Å²) < 4.78 is 1.94. The number of para-hydroxylation sites is 1. The van der Waals surface area contributed by atoms with Crippen molar-refractivity contribution in [2.75, 3.05) is 0 Å². The first-order chi connectivity index (χ1) is 12.0. The van der Waals surface area contributed by atoms with Crippen molar-refractivity contribution in [2.45, 2.75) is 20.0 Å². The van der Waals surface area contributed by atoms with Gasteiger partial charge in [0.25, 0.3) is 5.91 Å².